The second kappa shape index (κ2) is 8.09. The summed E-state index contributed by atoms with van der Waals surface area (Å²) in [5.74, 6) is 0.550. The van der Waals surface area contributed by atoms with Crippen molar-refractivity contribution in [3.05, 3.63) is 47.1 Å². The van der Waals surface area contributed by atoms with Gasteiger partial charge in [0.2, 0.25) is 5.88 Å². The molecule has 0 N–H and O–H groups in total. The van der Waals surface area contributed by atoms with Gasteiger partial charge in [-0.25, -0.2) is 14.8 Å². The van der Waals surface area contributed by atoms with Gasteiger partial charge in [-0.05, 0) is 18.2 Å². The molecule has 31 heavy (non-hydrogen) atoms. The van der Waals surface area contributed by atoms with E-state index in [0.717, 1.165) is 60.7 Å². The predicted molar refractivity (Wildman–Crippen MR) is 117 cm³/mol. The van der Waals surface area contributed by atoms with Crippen LogP contribution in [0.5, 0.6) is 5.88 Å². The van der Waals surface area contributed by atoms with Gasteiger partial charge >= 0.3 is 5.69 Å². The largest absolute Gasteiger partial charge is 0.481 e. The molecule has 1 saturated heterocycles. The fraction of sp³-hybridized carbons (Fsp3) is 0.364. The number of fused-ring (bicyclic) bond motifs is 3. The minimum absolute atomic E-state index is 0.0594. The first-order chi connectivity index (χ1) is 15.2. The average Bonchev–Trinajstić information content (AvgIpc) is 3.08. The van der Waals surface area contributed by atoms with Crippen LogP contribution in [0.4, 0.5) is 0 Å². The topological polar surface area (TPSA) is 87.3 Å². The van der Waals surface area contributed by atoms with E-state index >= 15 is 0 Å². The highest BCUT2D eigenvalue weighted by Crippen LogP contribution is 2.25. The van der Waals surface area contributed by atoms with Gasteiger partial charge in [0, 0.05) is 51.1 Å². The first kappa shape index (κ1) is 19.7. The lowest BCUT2D eigenvalue weighted by atomic mass is 10.1. The predicted octanol–water partition coefficient (Wildman–Crippen LogP) is 1.69. The summed E-state index contributed by atoms with van der Waals surface area (Å²) in [6.07, 6.45) is 3.48. The smallest absolute Gasteiger partial charge is 0.328 e. The monoisotopic (exact) mass is 420 g/mol. The molecule has 0 aliphatic carbocycles. The lowest BCUT2D eigenvalue weighted by Gasteiger charge is -2.26. The second-order valence-corrected chi connectivity index (χ2v) is 7.59. The minimum Gasteiger partial charge on any atom is -0.481 e. The number of pyridine rings is 3. The van der Waals surface area contributed by atoms with Gasteiger partial charge in [0.15, 0.2) is 0 Å². The van der Waals surface area contributed by atoms with Crippen LogP contribution in [0.2, 0.25) is 0 Å². The van der Waals surface area contributed by atoms with E-state index in [0.29, 0.717) is 17.9 Å². The number of imidazole rings is 1. The summed E-state index contributed by atoms with van der Waals surface area (Å²) in [7, 11) is 3.37. The first-order valence-corrected chi connectivity index (χ1v) is 10.3. The molecule has 5 rings (SSSR count). The summed E-state index contributed by atoms with van der Waals surface area (Å²) < 4.78 is 14.0. The Bertz CT molecular complexity index is 1290. The van der Waals surface area contributed by atoms with Crippen LogP contribution in [0.3, 0.4) is 0 Å². The molecule has 0 atom stereocenters. The molecule has 9 nitrogen and oxygen atoms in total. The molecule has 0 bridgehead atoms. The van der Waals surface area contributed by atoms with Crippen molar-refractivity contribution in [3.8, 4) is 17.1 Å². The maximum Gasteiger partial charge on any atom is 0.328 e. The van der Waals surface area contributed by atoms with E-state index < -0.39 is 0 Å². The molecule has 0 unspecified atom stereocenters. The van der Waals surface area contributed by atoms with Crippen molar-refractivity contribution in [3.63, 3.8) is 0 Å². The van der Waals surface area contributed by atoms with E-state index in [1.807, 2.05) is 22.8 Å². The zero-order valence-corrected chi connectivity index (χ0v) is 17.6. The standard InChI is InChI=1S/C22H24N6O3/c1-26-18-14-23-17-5-4-16(15-3-6-19(30-2)24-13-15)25-20(17)21(18)28(22(26)29)8-7-27-9-11-31-12-10-27/h3-6,13-14H,7-12H2,1-2H3. The number of aromatic nitrogens is 5. The molecular formula is C22H24N6O3. The molecule has 0 aromatic carbocycles. The Hall–Kier alpha value is -3.30. The summed E-state index contributed by atoms with van der Waals surface area (Å²) in [6, 6.07) is 7.58. The minimum atomic E-state index is -0.0594. The molecule has 160 valence electrons. The molecule has 4 aromatic rings. The molecule has 0 amide bonds. The van der Waals surface area contributed by atoms with Crippen LogP contribution in [-0.2, 0) is 18.3 Å². The van der Waals surface area contributed by atoms with Crippen LogP contribution < -0.4 is 10.4 Å². The molecule has 4 aromatic heterocycles. The van der Waals surface area contributed by atoms with E-state index in [1.54, 1.807) is 37.2 Å². The van der Waals surface area contributed by atoms with Gasteiger partial charge in [0.25, 0.3) is 0 Å². The molecule has 0 spiro atoms. The number of rotatable bonds is 5. The number of aryl methyl sites for hydroxylation is 1. The van der Waals surface area contributed by atoms with Crippen molar-refractivity contribution >= 4 is 22.1 Å². The van der Waals surface area contributed by atoms with Gasteiger partial charge in [-0.2, -0.15) is 0 Å². The Balaban J connectivity index is 1.61. The van der Waals surface area contributed by atoms with Crippen molar-refractivity contribution in [1.82, 2.24) is 29.0 Å². The van der Waals surface area contributed by atoms with Crippen molar-refractivity contribution in [2.24, 2.45) is 7.05 Å². The SMILES string of the molecule is COc1ccc(-c2ccc3ncc4c(c3n2)n(CCN2CCOCC2)c(=O)n4C)cn1. The Morgan fingerprint density at radius 3 is 2.65 bits per heavy atom. The highest BCUT2D eigenvalue weighted by atomic mass is 16.5. The third-order valence-corrected chi connectivity index (χ3v) is 5.80. The molecule has 1 aliphatic rings. The maximum atomic E-state index is 13.0. The summed E-state index contributed by atoms with van der Waals surface area (Å²) in [5.41, 5.74) is 4.64. The second-order valence-electron chi connectivity index (χ2n) is 7.59. The Kier molecular flexibility index (Phi) is 5.13. The van der Waals surface area contributed by atoms with Crippen molar-refractivity contribution in [2.45, 2.75) is 6.54 Å². The maximum absolute atomic E-state index is 13.0. The lowest BCUT2D eigenvalue weighted by Crippen LogP contribution is -2.39. The highest BCUT2D eigenvalue weighted by Gasteiger charge is 2.18. The third kappa shape index (κ3) is 3.55. The van der Waals surface area contributed by atoms with Crippen LogP contribution >= 0.6 is 0 Å². The van der Waals surface area contributed by atoms with Gasteiger partial charge in [-0.1, -0.05) is 0 Å². The Morgan fingerprint density at radius 1 is 1.06 bits per heavy atom. The van der Waals surface area contributed by atoms with Crippen LogP contribution in [0, 0.1) is 0 Å². The summed E-state index contributed by atoms with van der Waals surface area (Å²) >= 11 is 0. The van der Waals surface area contributed by atoms with E-state index in [4.69, 9.17) is 14.5 Å². The van der Waals surface area contributed by atoms with Gasteiger partial charge in [0.05, 0.1) is 48.8 Å². The molecule has 9 heteroatoms. The Labute approximate surface area is 178 Å². The summed E-state index contributed by atoms with van der Waals surface area (Å²) in [5, 5.41) is 0. The Morgan fingerprint density at radius 2 is 1.90 bits per heavy atom. The molecule has 1 fully saturated rings. The van der Waals surface area contributed by atoms with Crippen LogP contribution in [0.15, 0.2) is 41.5 Å². The first-order valence-electron chi connectivity index (χ1n) is 10.3. The summed E-state index contributed by atoms with van der Waals surface area (Å²) in [6.45, 7) is 4.61. The highest BCUT2D eigenvalue weighted by molar-refractivity contribution is 6.00. The van der Waals surface area contributed by atoms with Crippen LogP contribution in [-0.4, -0.2) is 68.9 Å². The van der Waals surface area contributed by atoms with Crippen molar-refractivity contribution in [1.29, 1.82) is 0 Å². The van der Waals surface area contributed by atoms with Crippen LogP contribution in [0.25, 0.3) is 33.3 Å². The molecular weight excluding hydrogens is 396 g/mol. The van der Waals surface area contributed by atoms with Gasteiger partial charge in [-0.15, -0.1) is 0 Å². The number of ether oxygens (including phenoxy) is 2. The number of hydrogen-bond donors (Lipinski definition) is 0. The number of hydrogen-bond acceptors (Lipinski definition) is 7. The summed E-state index contributed by atoms with van der Waals surface area (Å²) in [4.78, 5) is 29.1. The van der Waals surface area contributed by atoms with Gasteiger partial charge in [0.1, 0.15) is 5.52 Å². The number of methoxy groups -OCH3 is 1. The van der Waals surface area contributed by atoms with E-state index in [9.17, 15) is 4.79 Å². The fourth-order valence-corrected chi connectivity index (χ4v) is 4.02. The number of morpholine rings is 1. The van der Waals surface area contributed by atoms with E-state index in [-0.39, 0.29) is 5.69 Å². The zero-order chi connectivity index (χ0) is 21.4. The van der Waals surface area contributed by atoms with Gasteiger partial charge < -0.3 is 9.47 Å². The fourth-order valence-electron chi connectivity index (χ4n) is 4.02. The van der Waals surface area contributed by atoms with Crippen molar-refractivity contribution < 1.29 is 9.47 Å². The average molecular weight is 420 g/mol. The van der Waals surface area contributed by atoms with Crippen molar-refractivity contribution in [2.75, 3.05) is 40.0 Å². The molecule has 0 radical (unpaired) electrons. The van der Waals surface area contributed by atoms with E-state index in [2.05, 4.69) is 14.9 Å². The zero-order valence-electron chi connectivity index (χ0n) is 17.6. The number of nitrogens with zero attached hydrogens (tertiary/aromatic N) is 6. The van der Waals surface area contributed by atoms with Crippen LogP contribution in [0.1, 0.15) is 0 Å². The molecule has 0 saturated carbocycles. The molecule has 1 aliphatic heterocycles. The molecule has 5 heterocycles. The quantitative estimate of drug-likeness (QED) is 0.485. The van der Waals surface area contributed by atoms with Gasteiger partial charge in [-0.3, -0.25) is 19.0 Å². The lowest BCUT2D eigenvalue weighted by molar-refractivity contribution is 0.0364. The third-order valence-electron chi connectivity index (χ3n) is 5.80. The normalized spacial score (nSPS) is 15.0. The van der Waals surface area contributed by atoms with E-state index in [1.165, 1.54) is 0 Å².